The van der Waals surface area contributed by atoms with Crippen LogP contribution in [-0.2, 0) is 6.54 Å². The van der Waals surface area contributed by atoms with Crippen LogP contribution in [0.1, 0.15) is 16.6 Å². The first-order chi connectivity index (χ1) is 9.00. The van der Waals surface area contributed by atoms with Crippen molar-refractivity contribution in [3.8, 4) is 0 Å². The molecule has 0 aliphatic carbocycles. The molecular formula is C12H16Cl2N4S. The van der Waals surface area contributed by atoms with E-state index in [2.05, 4.69) is 10.00 Å². The van der Waals surface area contributed by atoms with E-state index in [1.54, 1.807) is 6.20 Å². The molecule has 1 unspecified atom stereocenters. The molecule has 2 aromatic rings. The molecule has 2 N–H and O–H groups in total. The van der Waals surface area contributed by atoms with Crippen molar-refractivity contribution in [3.05, 3.63) is 38.3 Å². The minimum absolute atomic E-state index is 0.343. The van der Waals surface area contributed by atoms with Crippen molar-refractivity contribution in [1.29, 1.82) is 0 Å². The average Bonchev–Trinajstić information content (AvgIpc) is 2.92. The normalized spacial score (nSPS) is 13.2. The lowest BCUT2D eigenvalue weighted by Crippen LogP contribution is -2.23. The van der Waals surface area contributed by atoms with Crippen molar-refractivity contribution in [2.45, 2.75) is 12.6 Å². The fraction of sp³-hybridized carbons (Fsp3) is 0.417. The van der Waals surface area contributed by atoms with Crippen LogP contribution >= 0.6 is 34.5 Å². The lowest BCUT2D eigenvalue weighted by molar-refractivity contribution is 0.368. The molecule has 0 spiro atoms. The fourth-order valence-electron chi connectivity index (χ4n) is 1.81. The van der Waals surface area contributed by atoms with Gasteiger partial charge in [-0.15, -0.1) is 11.3 Å². The molecule has 104 valence electrons. The predicted molar refractivity (Wildman–Crippen MR) is 81.2 cm³/mol. The van der Waals surface area contributed by atoms with Gasteiger partial charge in [0.15, 0.2) is 0 Å². The van der Waals surface area contributed by atoms with Crippen LogP contribution in [0, 0.1) is 0 Å². The van der Waals surface area contributed by atoms with E-state index in [0.717, 1.165) is 23.7 Å². The van der Waals surface area contributed by atoms with Crippen molar-refractivity contribution in [1.82, 2.24) is 14.7 Å². The van der Waals surface area contributed by atoms with Gasteiger partial charge < -0.3 is 10.6 Å². The maximum Gasteiger partial charge on any atom is 0.0847 e. The topological polar surface area (TPSA) is 47.1 Å². The minimum Gasteiger partial charge on any atom is -0.318 e. The SMILES string of the molecule is CN(C)CCn1ncc(Cl)c1C(N)c1sccc1Cl. The highest BCUT2D eigenvalue weighted by molar-refractivity contribution is 7.10. The number of hydrogen-bond acceptors (Lipinski definition) is 4. The summed E-state index contributed by atoms with van der Waals surface area (Å²) in [6.07, 6.45) is 1.63. The van der Waals surface area contributed by atoms with Gasteiger partial charge >= 0.3 is 0 Å². The number of thiophene rings is 1. The highest BCUT2D eigenvalue weighted by Gasteiger charge is 2.21. The van der Waals surface area contributed by atoms with Crippen LogP contribution in [-0.4, -0.2) is 35.3 Å². The molecule has 0 saturated carbocycles. The summed E-state index contributed by atoms with van der Waals surface area (Å²) in [5.74, 6) is 0. The first kappa shape index (κ1) is 14.8. The van der Waals surface area contributed by atoms with Gasteiger partial charge in [-0.1, -0.05) is 23.2 Å². The Kier molecular flexibility index (Phi) is 4.86. The molecule has 0 aliphatic heterocycles. The Hall–Kier alpha value is -0.590. The molecule has 2 aromatic heterocycles. The van der Waals surface area contributed by atoms with Crippen LogP contribution in [0.3, 0.4) is 0 Å². The Morgan fingerprint density at radius 2 is 2.16 bits per heavy atom. The zero-order chi connectivity index (χ0) is 14.0. The molecule has 2 heterocycles. The molecule has 19 heavy (non-hydrogen) atoms. The van der Waals surface area contributed by atoms with Gasteiger partial charge in [-0.3, -0.25) is 4.68 Å². The number of nitrogens with zero attached hydrogens (tertiary/aromatic N) is 3. The Morgan fingerprint density at radius 1 is 1.42 bits per heavy atom. The molecule has 0 aromatic carbocycles. The molecule has 7 heteroatoms. The molecule has 0 radical (unpaired) electrons. The zero-order valence-corrected chi connectivity index (χ0v) is 13.1. The summed E-state index contributed by atoms with van der Waals surface area (Å²) >= 11 is 13.9. The monoisotopic (exact) mass is 318 g/mol. The lowest BCUT2D eigenvalue weighted by atomic mass is 10.2. The molecule has 2 rings (SSSR count). The second-order valence-electron chi connectivity index (χ2n) is 4.51. The number of aromatic nitrogens is 2. The molecule has 4 nitrogen and oxygen atoms in total. The first-order valence-electron chi connectivity index (χ1n) is 5.85. The largest absolute Gasteiger partial charge is 0.318 e. The number of rotatable bonds is 5. The fourth-order valence-corrected chi connectivity index (χ4v) is 3.24. The third-order valence-corrected chi connectivity index (χ3v) is 4.55. The van der Waals surface area contributed by atoms with Gasteiger partial charge in [0, 0.05) is 11.4 Å². The van der Waals surface area contributed by atoms with Crippen LogP contribution < -0.4 is 5.73 Å². The number of likely N-dealkylation sites (N-methyl/N-ethyl adjacent to an activating group) is 1. The van der Waals surface area contributed by atoms with E-state index in [4.69, 9.17) is 28.9 Å². The standard InChI is InChI=1S/C12H16Cl2N4S/c1-17(2)4-5-18-11(9(14)7-16-18)10(15)12-8(13)3-6-19-12/h3,6-7,10H,4-5,15H2,1-2H3. The molecule has 0 saturated heterocycles. The zero-order valence-electron chi connectivity index (χ0n) is 10.8. The summed E-state index contributed by atoms with van der Waals surface area (Å²) in [6, 6.07) is 1.50. The van der Waals surface area contributed by atoms with E-state index in [-0.39, 0.29) is 6.04 Å². The minimum atomic E-state index is -0.343. The molecular weight excluding hydrogens is 303 g/mol. The molecule has 0 fully saturated rings. The van der Waals surface area contributed by atoms with Crippen LogP contribution in [0.4, 0.5) is 0 Å². The van der Waals surface area contributed by atoms with Gasteiger partial charge in [0.25, 0.3) is 0 Å². The summed E-state index contributed by atoms with van der Waals surface area (Å²) in [6.45, 7) is 1.61. The maximum atomic E-state index is 6.28. The van der Waals surface area contributed by atoms with E-state index >= 15 is 0 Å². The molecule has 0 aliphatic rings. The van der Waals surface area contributed by atoms with Crippen molar-refractivity contribution < 1.29 is 0 Å². The molecule has 1 atom stereocenters. The van der Waals surface area contributed by atoms with Gasteiger partial charge in [-0.2, -0.15) is 5.10 Å². The number of halogens is 2. The maximum absolute atomic E-state index is 6.28. The van der Waals surface area contributed by atoms with E-state index < -0.39 is 0 Å². The Bertz CT molecular complexity index is 550. The predicted octanol–water partition coefficient (Wildman–Crippen LogP) is 2.86. The van der Waals surface area contributed by atoms with Crippen molar-refractivity contribution in [3.63, 3.8) is 0 Å². The summed E-state index contributed by atoms with van der Waals surface area (Å²) in [4.78, 5) is 3.00. The summed E-state index contributed by atoms with van der Waals surface area (Å²) < 4.78 is 1.85. The van der Waals surface area contributed by atoms with Gasteiger partial charge in [0.05, 0.1) is 34.5 Å². The average molecular weight is 319 g/mol. The van der Waals surface area contributed by atoms with E-state index in [1.807, 2.05) is 30.2 Å². The second kappa shape index (κ2) is 6.24. The summed E-state index contributed by atoms with van der Waals surface area (Å²) in [5.41, 5.74) is 7.09. The second-order valence-corrected chi connectivity index (χ2v) is 6.28. The summed E-state index contributed by atoms with van der Waals surface area (Å²) in [5, 5.41) is 7.46. The van der Waals surface area contributed by atoms with Gasteiger partial charge in [-0.05, 0) is 25.5 Å². The van der Waals surface area contributed by atoms with Crippen LogP contribution in [0.25, 0.3) is 0 Å². The Balaban J connectivity index is 2.28. The third-order valence-electron chi connectivity index (χ3n) is 2.81. The van der Waals surface area contributed by atoms with Gasteiger partial charge in [0.1, 0.15) is 0 Å². The third kappa shape index (κ3) is 3.30. The van der Waals surface area contributed by atoms with Crippen LogP contribution in [0.5, 0.6) is 0 Å². The Labute approximate surface area is 126 Å². The smallest absolute Gasteiger partial charge is 0.0847 e. The summed E-state index contributed by atoms with van der Waals surface area (Å²) in [7, 11) is 4.03. The first-order valence-corrected chi connectivity index (χ1v) is 7.48. The Morgan fingerprint density at radius 3 is 2.74 bits per heavy atom. The lowest BCUT2D eigenvalue weighted by Gasteiger charge is -2.16. The number of hydrogen-bond donors (Lipinski definition) is 1. The van der Waals surface area contributed by atoms with Gasteiger partial charge in [-0.25, -0.2) is 0 Å². The van der Waals surface area contributed by atoms with E-state index in [0.29, 0.717) is 10.0 Å². The quantitative estimate of drug-likeness (QED) is 0.922. The van der Waals surface area contributed by atoms with Crippen molar-refractivity contribution >= 4 is 34.5 Å². The molecule has 0 amide bonds. The highest BCUT2D eigenvalue weighted by Crippen LogP contribution is 2.34. The number of nitrogens with two attached hydrogens (primary N) is 1. The van der Waals surface area contributed by atoms with Crippen molar-refractivity contribution in [2.24, 2.45) is 5.73 Å². The van der Waals surface area contributed by atoms with E-state index in [1.165, 1.54) is 11.3 Å². The van der Waals surface area contributed by atoms with Crippen LogP contribution in [0.15, 0.2) is 17.6 Å². The van der Waals surface area contributed by atoms with Crippen molar-refractivity contribution in [2.75, 3.05) is 20.6 Å². The van der Waals surface area contributed by atoms with Gasteiger partial charge in [0.2, 0.25) is 0 Å². The van der Waals surface area contributed by atoms with Crippen LogP contribution in [0.2, 0.25) is 10.0 Å². The van der Waals surface area contributed by atoms with E-state index in [9.17, 15) is 0 Å². The highest BCUT2D eigenvalue weighted by atomic mass is 35.5. The molecule has 0 bridgehead atoms.